The van der Waals surface area contributed by atoms with Gasteiger partial charge in [0.05, 0.1) is 5.92 Å². The second kappa shape index (κ2) is 8.57. The van der Waals surface area contributed by atoms with Crippen LogP contribution in [0.4, 0.5) is 5.69 Å². The Hall–Kier alpha value is -2.33. The van der Waals surface area contributed by atoms with Gasteiger partial charge in [0, 0.05) is 29.4 Å². The molecule has 1 fully saturated rings. The Morgan fingerprint density at radius 1 is 1.15 bits per heavy atom. The smallest absolute Gasteiger partial charge is 0.253 e. The number of hydrogen-bond donors (Lipinski definition) is 1. The summed E-state index contributed by atoms with van der Waals surface area (Å²) in [5, 5.41) is 3.53. The van der Waals surface area contributed by atoms with E-state index in [4.69, 9.17) is 11.6 Å². The molecule has 1 aliphatic heterocycles. The summed E-state index contributed by atoms with van der Waals surface area (Å²) in [5.74, 6) is 0.151. The molecule has 0 radical (unpaired) electrons. The molecule has 0 saturated carbocycles. The van der Waals surface area contributed by atoms with Crippen molar-refractivity contribution >= 4 is 29.1 Å². The summed E-state index contributed by atoms with van der Waals surface area (Å²) in [6.45, 7) is 5.38. The lowest BCUT2D eigenvalue weighted by molar-refractivity contribution is -0.121. The molecular formula is C22H25ClN2O2. The van der Waals surface area contributed by atoms with Crippen LogP contribution in [0.1, 0.15) is 48.5 Å². The predicted molar refractivity (Wildman–Crippen MR) is 109 cm³/mol. The van der Waals surface area contributed by atoms with Crippen LogP contribution in [-0.4, -0.2) is 29.8 Å². The third-order valence-corrected chi connectivity index (χ3v) is 5.23. The van der Waals surface area contributed by atoms with Crippen LogP contribution in [0.25, 0.3) is 0 Å². The van der Waals surface area contributed by atoms with E-state index in [1.165, 1.54) is 5.56 Å². The van der Waals surface area contributed by atoms with E-state index in [2.05, 4.69) is 19.2 Å². The van der Waals surface area contributed by atoms with Gasteiger partial charge in [-0.05, 0) is 54.7 Å². The number of nitrogens with one attached hydrogen (secondary N) is 1. The zero-order valence-electron chi connectivity index (χ0n) is 15.7. The van der Waals surface area contributed by atoms with Crippen molar-refractivity contribution in [2.75, 3.05) is 18.4 Å². The lowest BCUT2D eigenvalue weighted by Gasteiger charge is -2.32. The van der Waals surface area contributed by atoms with E-state index in [9.17, 15) is 9.59 Å². The van der Waals surface area contributed by atoms with Crippen molar-refractivity contribution in [2.24, 2.45) is 5.92 Å². The zero-order valence-corrected chi connectivity index (χ0v) is 16.5. The topological polar surface area (TPSA) is 49.4 Å². The van der Waals surface area contributed by atoms with Gasteiger partial charge in [-0.3, -0.25) is 9.59 Å². The number of amides is 2. The standard InChI is InChI=1S/C22H25ClN2O2/c1-15(2)16-8-10-20(11-9-16)24-21(26)18-6-4-12-25(14-18)22(27)17-5-3-7-19(23)13-17/h3,5,7-11,13,15,18H,4,6,12,14H2,1-2H3,(H,24,26). The van der Waals surface area contributed by atoms with Crippen LogP contribution in [0, 0.1) is 5.92 Å². The SMILES string of the molecule is CC(C)c1ccc(NC(=O)C2CCCN(C(=O)c3cccc(Cl)c3)C2)cc1. The Morgan fingerprint density at radius 3 is 2.56 bits per heavy atom. The van der Waals surface area contributed by atoms with Crippen LogP contribution in [0.2, 0.25) is 5.02 Å². The number of halogens is 1. The number of carbonyl (C=O) groups is 2. The summed E-state index contributed by atoms with van der Waals surface area (Å²) in [4.78, 5) is 27.1. The molecule has 3 rings (SSSR count). The Balaban J connectivity index is 1.63. The molecule has 0 aliphatic carbocycles. The fraction of sp³-hybridized carbons (Fsp3) is 0.364. The van der Waals surface area contributed by atoms with Gasteiger partial charge in [-0.1, -0.05) is 43.6 Å². The first-order chi connectivity index (χ1) is 12.9. The molecule has 5 heteroatoms. The number of anilines is 1. The fourth-order valence-electron chi connectivity index (χ4n) is 3.38. The Morgan fingerprint density at radius 2 is 1.89 bits per heavy atom. The highest BCUT2D eigenvalue weighted by molar-refractivity contribution is 6.30. The number of benzene rings is 2. The van der Waals surface area contributed by atoms with Crippen molar-refractivity contribution in [3.05, 3.63) is 64.7 Å². The van der Waals surface area contributed by atoms with E-state index >= 15 is 0 Å². The number of nitrogens with zero attached hydrogens (tertiary/aromatic N) is 1. The molecule has 1 unspecified atom stereocenters. The molecule has 142 valence electrons. The number of rotatable bonds is 4. The van der Waals surface area contributed by atoms with Crippen molar-refractivity contribution in [3.63, 3.8) is 0 Å². The Bertz CT molecular complexity index is 817. The number of carbonyl (C=O) groups excluding carboxylic acids is 2. The summed E-state index contributed by atoms with van der Waals surface area (Å²) in [5.41, 5.74) is 2.60. The van der Waals surface area contributed by atoms with E-state index in [0.717, 1.165) is 18.5 Å². The monoisotopic (exact) mass is 384 g/mol. The van der Waals surface area contributed by atoms with Gasteiger partial charge in [0.15, 0.2) is 0 Å². The average molecular weight is 385 g/mol. The molecular weight excluding hydrogens is 360 g/mol. The average Bonchev–Trinajstić information content (AvgIpc) is 2.68. The summed E-state index contributed by atoms with van der Waals surface area (Å²) in [7, 11) is 0. The molecule has 2 aromatic carbocycles. The molecule has 0 spiro atoms. The van der Waals surface area contributed by atoms with Crippen molar-refractivity contribution in [1.29, 1.82) is 0 Å². The minimum absolute atomic E-state index is 0.0316. The second-order valence-corrected chi connectivity index (χ2v) is 7.80. The summed E-state index contributed by atoms with van der Waals surface area (Å²) in [6, 6.07) is 14.9. The minimum atomic E-state index is -0.202. The first-order valence-corrected chi connectivity index (χ1v) is 9.77. The molecule has 27 heavy (non-hydrogen) atoms. The van der Waals surface area contributed by atoms with Crippen molar-refractivity contribution in [2.45, 2.75) is 32.6 Å². The normalized spacial score (nSPS) is 17.0. The van der Waals surface area contributed by atoms with E-state index < -0.39 is 0 Å². The highest BCUT2D eigenvalue weighted by Gasteiger charge is 2.29. The lowest BCUT2D eigenvalue weighted by Crippen LogP contribution is -2.43. The molecule has 1 N–H and O–H groups in total. The van der Waals surface area contributed by atoms with Crippen molar-refractivity contribution < 1.29 is 9.59 Å². The molecule has 4 nitrogen and oxygen atoms in total. The van der Waals surface area contributed by atoms with Crippen LogP contribution in [0.3, 0.4) is 0 Å². The van der Waals surface area contributed by atoms with Gasteiger partial charge < -0.3 is 10.2 Å². The number of likely N-dealkylation sites (tertiary alicyclic amines) is 1. The van der Waals surface area contributed by atoms with Gasteiger partial charge in [-0.25, -0.2) is 0 Å². The summed E-state index contributed by atoms with van der Waals surface area (Å²) in [6.07, 6.45) is 1.60. The Kier molecular flexibility index (Phi) is 6.17. The number of piperidine rings is 1. The maximum absolute atomic E-state index is 12.7. The van der Waals surface area contributed by atoms with Gasteiger partial charge >= 0.3 is 0 Å². The van der Waals surface area contributed by atoms with E-state index in [1.54, 1.807) is 29.2 Å². The molecule has 2 amide bonds. The van der Waals surface area contributed by atoms with Crippen LogP contribution >= 0.6 is 11.6 Å². The maximum atomic E-state index is 12.7. The second-order valence-electron chi connectivity index (χ2n) is 7.37. The first kappa shape index (κ1) is 19.4. The predicted octanol–water partition coefficient (Wildman–Crippen LogP) is 4.95. The van der Waals surface area contributed by atoms with Crippen LogP contribution in [-0.2, 0) is 4.79 Å². The third-order valence-electron chi connectivity index (χ3n) is 5.00. The zero-order chi connectivity index (χ0) is 19.4. The van der Waals surface area contributed by atoms with Gasteiger partial charge in [0.25, 0.3) is 5.91 Å². The fourth-order valence-corrected chi connectivity index (χ4v) is 3.57. The van der Waals surface area contributed by atoms with Gasteiger partial charge in [-0.15, -0.1) is 0 Å². The molecule has 0 aromatic heterocycles. The molecule has 1 saturated heterocycles. The van der Waals surface area contributed by atoms with Gasteiger partial charge in [0.2, 0.25) is 5.91 Å². The summed E-state index contributed by atoms with van der Waals surface area (Å²) >= 11 is 5.99. The molecule has 0 bridgehead atoms. The first-order valence-electron chi connectivity index (χ1n) is 9.39. The molecule has 1 aliphatic rings. The molecule has 1 atom stereocenters. The molecule has 2 aromatic rings. The minimum Gasteiger partial charge on any atom is -0.338 e. The quantitative estimate of drug-likeness (QED) is 0.810. The highest BCUT2D eigenvalue weighted by atomic mass is 35.5. The van der Waals surface area contributed by atoms with Crippen LogP contribution < -0.4 is 5.32 Å². The van der Waals surface area contributed by atoms with E-state index in [-0.39, 0.29) is 17.7 Å². The largest absolute Gasteiger partial charge is 0.338 e. The lowest BCUT2D eigenvalue weighted by atomic mass is 9.96. The van der Waals surface area contributed by atoms with Crippen LogP contribution in [0.15, 0.2) is 48.5 Å². The van der Waals surface area contributed by atoms with E-state index in [0.29, 0.717) is 29.6 Å². The molecule has 1 heterocycles. The number of hydrogen-bond acceptors (Lipinski definition) is 2. The highest BCUT2D eigenvalue weighted by Crippen LogP contribution is 2.22. The van der Waals surface area contributed by atoms with E-state index in [1.807, 2.05) is 24.3 Å². The van der Waals surface area contributed by atoms with Gasteiger partial charge in [0.1, 0.15) is 0 Å². The Labute approximate surface area is 165 Å². The van der Waals surface area contributed by atoms with Crippen molar-refractivity contribution in [3.8, 4) is 0 Å². The third kappa shape index (κ3) is 4.89. The van der Waals surface area contributed by atoms with Crippen molar-refractivity contribution in [1.82, 2.24) is 4.90 Å². The van der Waals surface area contributed by atoms with Crippen LogP contribution in [0.5, 0.6) is 0 Å². The maximum Gasteiger partial charge on any atom is 0.253 e. The summed E-state index contributed by atoms with van der Waals surface area (Å²) < 4.78 is 0. The van der Waals surface area contributed by atoms with Gasteiger partial charge in [-0.2, -0.15) is 0 Å².